The van der Waals surface area contributed by atoms with Gasteiger partial charge in [0.2, 0.25) is 0 Å². The molecule has 0 fully saturated rings. The first-order valence-corrected chi connectivity index (χ1v) is 6.20. The van der Waals surface area contributed by atoms with Crippen molar-refractivity contribution in [3.63, 3.8) is 0 Å². The normalized spacial score (nSPS) is 7.33. The van der Waals surface area contributed by atoms with E-state index in [9.17, 15) is 0 Å². The van der Waals surface area contributed by atoms with Gasteiger partial charge in [-0.3, -0.25) is 0 Å². The molecule has 1 aromatic carbocycles. The minimum atomic E-state index is 1.06. The third-order valence-corrected chi connectivity index (χ3v) is 0.940. The quantitative estimate of drug-likeness (QED) is 0.691. The van der Waals surface area contributed by atoms with E-state index >= 15 is 0 Å². The molecule has 1 rings (SSSR count). The van der Waals surface area contributed by atoms with Gasteiger partial charge in [0.05, 0.1) is 0 Å². The molecule has 0 N–H and O–H groups in total. The van der Waals surface area contributed by atoms with Gasteiger partial charge in [-0.05, 0) is 6.92 Å². The number of rotatable bonds is 0. The molecule has 1 aromatic rings. The Morgan fingerprint density at radius 1 is 1.11 bits per heavy atom. The zero-order chi connectivity index (χ0) is 7.11. The van der Waals surface area contributed by atoms with Crippen LogP contribution in [0.15, 0.2) is 30.3 Å². The van der Waals surface area contributed by atoms with Crippen LogP contribution in [0.2, 0.25) is 0 Å². The van der Waals surface area contributed by atoms with Crippen molar-refractivity contribution in [1.82, 2.24) is 0 Å². The summed E-state index contributed by atoms with van der Waals surface area (Å²) >= 11 is 1.06. The first-order valence-electron chi connectivity index (χ1n) is 2.56. The number of hydrogen-bond acceptors (Lipinski definition) is 0. The van der Waals surface area contributed by atoms with E-state index < -0.39 is 0 Å². The van der Waals surface area contributed by atoms with Crippen molar-refractivity contribution in [2.24, 2.45) is 0 Å². The van der Waals surface area contributed by atoms with Gasteiger partial charge in [-0.2, -0.15) is 0 Å². The van der Waals surface area contributed by atoms with Crippen molar-refractivity contribution in [2.45, 2.75) is 6.92 Å². The zero-order valence-electron chi connectivity index (χ0n) is 5.17. The molecule has 2 heteroatoms. The molecule has 9 heavy (non-hydrogen) atoms. The van der Waals surface area contributed by atoms with Crippen molar-refractivity contribution in [3.05, 3.63) is 35.9 Å². The van der Waals surface area contributed by atoms with E-state index in [1.165, 1.54) is 5.56 Å². The Kier molecular flexibility index (Phi) is 6.46. The first-order chi connectivity index (χ1) is 4.39. The van der Waals surface area contributed by atoms with E-state index in [0.717, 1.165) is 18.8 Å². The zero-order valence-corrected chi connectivity index (χ0v) is 8.86. The molecule has 0 aliphatic rings. The summed E-state index contributed by atoms with van der Waals surface area (Å²) in [5, 5.41) is 0. The van der Waals surface area contributed by atoms with Gasteiger partial charge in [0.1, 0.15) is 0 Å². The van der Waals surface area contributed by atoms with Crippen LogP contribution in [0.5, 0.6) is 0 Å². The summed E-state index contributed by atoms with van der Waals surface area (Å²) in [7, 11) is 4.72. The van der Waals surface area contributed by atoms with Crippen molar-refractivity contribution >= 4 is 9.42 Å². The van der Waals surface area contributed by atoms with Crippen LogP contribution < -0.4 is 0 Å². The van der Waals surface area contributed by atoms with Gasteiger partial charge < -0.3 is 0 Å². The number of halogens is 1. The Morgan fingerprint density at radius 3 is 1.78 bits per heavy atom. The van der Waals surface area contributed by atoms with Crippen molar-refractivity contribution in [2.75, 3.05) is 0 Å². The van der Waals surface area contributed by atoms with Gasteiger partial charge in [-0.1, -0.05) is 35.9 Å². The van der Waals surface area contributed by atoms with Crippen molar-refractivity contribution in [1.29, 1.82) is 0 Å². The molecule has 0 spiro atoms. The molecule has 49 valence electrons. The average Bonchev–Trinajstić information content (AvgIpc) is 1.94. The topological polar surface area (TPSA) is 0 Å². The van der Waals surface area contributed by atoms with Crippen LogP contribution in [0.4, 0.5) is 0 Å². The summed E-state index contributed by atoms with van der Waals surface area (Å²) in [6.45, 7) is 2.08. The summed E-state index contributed by atoms with van der Waals surface area (Å²) in [6, 6.07) is 10.3. The molecule has 0 aromatic heterocycles. The SMILES string of the molecule is Cc1ccccc1.[Cl][W]. The Bertz CT molecular complexity index is 139. The second-order valence-corrected chi connectivity index (χ2v) is 1.65. The Labute approximate surface area is 71.1 Å². The van der Waals surface area contributed by atoms with Gasteiger partial charge in [0.25, 0.3) is 0 Å². The molecule has 0 heterocycles. The van der Waals surface area contributed by atoms with Gasteiger partial charge >= 0.3 is 28.2 Å². The summed E-state index contributed by atoms with van der Waals surface area (Å²) in [4.78, 5) is 0. The van der Waals surface area contributed by atoms with Crippen LogP contribution in [0.3, 0.4) is 0 Å². The standard InChI is InChI=1S/C7H8.ClH.W/c1-7-5-3-2-4-6-7;;/h2-6H,1H3;1H;/q;;+1/p-1. The molecule has 0 bridgehead atoms. The van der Waals surface area contributed by atoms with Crippen LogP contribution in [0, 0.1) is 6.92 Å². The second kappa shape index (κ2) is 6.32. The summed E-state index contributed by atoms with van der Waals surface area (Å²) in [5.74, 6) is 0. The van der Waals surface area contributed by atoms with Crippen LogP contribution in [-0.4, -0.2) is 0 Å². The molecule has 0 saturated heterocycles. The molecule has 0 radical (unpaired) electrons. The third kappa shape index (κ3) is 4.69. The van der Waals surface area contributed by atoms with Gasteiger partial charge in [0.15, 0.2) is 0 Å². The summed E-state index contributed by atoms with van der Waals surface area (Å²) < 4.78 is 0. The minimum absolute atomic E-state index is 1.06. The monoisotopic (exact) mass is 311 g/mol. The van der Waals surface area contributed by atoms with Crippen LogP contribution >= 0.6 is 9.42 Å². The van der Waals surface area contributed by atoms with E-state index in [1.807, 2.05) is 18.2 Å². The van der Waals surface area contributed by atoms with Crippen molar-refractivity contribution in [3.8, 4) is 0 Å². The predicted octanol–water partition coefficient (Wildman–Crippen LogP) is 2.68. The second-order valence-electron chi connectivity index (χ2n) is 1.65. The first kappa shape index (κ1) is 9.20. The predicted molar refractivity (Wildman–Crippen MR) is 37.0 cm³/mol. The number of aryl methyl sites for hydroxylation is 1. The third-order valence-electron chi connectivity index (χ3n) is 0.940. The number of hydrogen-bond donors (Lipinski definition) is 0. The molecule has 0 aliphatic carbocycles. The molecular formula is C7H8ClW. The molecule has 0 atom stereocenters. The molecule has 0 aliphatic heterocycles. The maximum absolute atomic E-state index is 4.72. The maximum atomic E-state index is 4.72. The van der Waals surface area contributed by atoms with Gasteiger partial charge in [0, 0.05) is 0 Å². The molecule has 0 nitrogen and oxygen atoms in total. The Morgan fingerprint density at radius 2 is 1.56 bits per heavy atom. The van der Waals surface area contributed by atoms with Gasteiger partial charge in [-0.25, -0.2) is 0 Å². The van der Waals surface area contributed by atoms with Crippen molar-refractivity contribution < 1.29 is 18.8 Å². The molecule has 0 unspecified atom stereocenters. The van der Waals surface area contributed by atoms with E-state index in [0.29, 0.717) is 0 Å². The average molecular weight is 311 g/mol. The van der Waals surface area contributed by atoms with E-state index in [1.54, 1.807) is 0 Å². The Balaban J connectivity index is 0.000000291. The fourth-order valence-electron chi connectivity index (χ4n) is 0.534. The Hall–Kier alpha value is 0.198. The number of benzene rings is 1. The molecule has 0 amide bonds. The van der Waals surface area contributed by atoms with Crippen LogP contribution in [0.25, 0.3) is 0 Å². The fourth-order valence-corrected chi connectivity index (χ4v) is 0.534. The summed E-state index contributed by atoms with van der Waals surface area (Å²) in [6.07, 6.45) is 0. The fraction of sp³-hybridized carbons (Fsp3) is 0.143. The molecule has 0 saturated carbocycles. The van der Waals surface area contributed by atoms with E-state index in [2.05, 4.69) is 19.1 Å². The summed E-state index contributed by atoms with van der Waals surface area (Å²) in [5.41, 5.74) is 1.32. The molecular weight excluding hydrogens is 303 g/mol. The van der Waals surface area contributed by atoms with E-state index in [-0.39, 0.29) is 0 Å². The van der Waals surface area contributed by atoms with E-state index in [4.69, 9.17) is 9.42 Å². The van der Waals surface area contributed by atoms with Crippen LogP contribution in [0.1, 0.15) is 5.56 Å². The van der Waals surface area contributed by atoms with Gasteiger partial charge in [-0.15, -0.1) is 0 Å². The van der Waals surface area contributed by atoms with Crippen LogP contribution in [-0.2, 0) is 18.8 Å².